The van der Waals surface area contributed by atoms with Crippen LogP contribution in [0.2, 0.25) is 0 Å². The topological polar surface area (TPSA) is 100 Å². The number of aromatic nitrogens is 3. The van der Waals surface area contributed by atoms with E-state index in [-0.39, 0.29) is 12.5 Å². The number of hydrogen-bond acceptors (Lipinski definition) is 4. The maximum Gasteiger partial charge on any atom is 0.411 e. The van der Waals surface area contributed by atoms with Gasteiger partial charge in [0.1, 0.15) is 5.52 Å². The van der Waals surface area contributed by atoms with Crippen molar-refractivity contribution in [1.82, 2.24) is 14.5 Å². The highest BCUT2D eigenvalue weighted by Gasteiger charge is 2.21. The average Bonchev–Trinajstić information content (AvgIpc) is 2.74. The number of nitrogens with zero attached hydrogens (tertiary/aromatic N) is 3. The highest BCUT2D eigenvalue weighted by Crippen LogP contribution is 2.28. The van der Waals surface area contributed by atoms with E-state index in [0.717, 1.165) is 16.4 Å². The van der Waals surface area contributed by atoms with E-state index in [1.54, 1.807) is 24.6 Å². The number of carboxylic acid groups (broad SMARTS) is 1. The van der Waals surface area contributed by atoms with Crippen molar-refractivity contribution in [2.75, 3.05) is 5.32 Å². The second kappa shape index (κ2) is 4.96. The van der Waals surface area contributed by atoms with Crippen LogP contribution in [0.1, 0.15) is 13.8 Å². The number of fused-ring (bicyclic) bond motifs is 3. The highest BCUT2D eigenvalue weighted by atomic mass is 16.4. The Morgan fingerprint density at radius 1 is 1.32 bits per heavy atom. The van der Waals surface area contributed by atoms with Crippen molar-refractivity contribution >= 4 is 34.0 Å². The van der Waals surface area contributed by atoms with E-state index in [1.807, 2.05) is 24.3 Å². The second-order valence-electron chi connectivity index (χ2n) is 5.77. The SMILES string of the molecule is CC(C)(O)Cn1c(NC(=O)O)nc2cnc3ccccc3c21. The number of para-hydroxylation sites is 1. The molecule has 0 radical (unpaired) electrons. The molecule has 0 saturated carbocycles. The zero-order valence-electron chi connectivity index (χ0n) is 12.2. The molecule has 22 heavy (non-hydrogen) atoms. The van der Waals surface area contributed by atoms with Crippen LogP contribution >= 0.6 is 0 Å². The van der Waals surface area contributed by atoms with Crippen molar-refractivity contribution in [3.05, 3.63) is 30.5 Å². The lowest BCUT2D eigenvalue weighted by atomic mass is 10.1. The number of pyridine rings is 1. The van der Waals surface area contributed by atoms with Gasteiger partial charge in [0.25, 0.3) is 0 Å². The summed E-state index contributed by atoms with van der Waals surface area (Å²) in [5, 5.41) is 22.3. The van der Waals surface area contributed by atoms with Gasteiger partial charge >= 0.3 is 6.09 Å². The van der Waals surface area contributed by atoms with Crippen LogP contribution in [0.3, 0.4) is 0 Å². The molecule has 0 aliphatic rings. The van der Waals surface area contributed by atoms with Crippen molar-refractivity contribution in [3.8, 4) is 0 Å². The van der Waals surface area contributed by atoms with E-state index in [9.17, 15) is 9.90 Å². The van der Waals surface area contributed by atoms with E-state index in [0.29, 0.717) is 5.52 Å². The molecule has 1 amide bonds. The summed E-state index contributed by atoms with van der Waals surface area (Å²) in [7, 11) is 0. The number of nitrogens with one attached hydrogen (secondary N) is 1. The van der Waals surface area contributed by atoms with Crippen molar-refractivity contribution in [2.24, 2.45) is 0 Å². The lowest BCUT2D eigenvalue weighted by Crippen LogP contribution is -2.27. The lowest BCUT2D eigenvalue weighted by molar-refractivity contribution is 0.0632. The minimum Gasteiger partial charge on any atom is -0.465 e. The third kappa shape index (κ3) is 2.58. The molecule has 0 saturated heterocycles. The number of anilines is 1. The third-order valence-corrected chi connectivity index (χ3v) is 3.24. The molecule has 0 unspecified atom stereocenters. The molecule has 0 aliphatic heterocycles. The Labute approximate surface area is 126 Å². The average molecular weight is 300 g/mol. The van der Waals surface area contributed by atoms with E-state index in [1.165, 1.54) is 0 Å². The van der Waals surface area contributed by atoms with E-state index in [4.69, 9.17) is 5.11 Å². The van der Waals surface area contributed by atoms with Crippen LogP contribution < -0.4 is 5.32 Å². The molecule has 2 aromatic heterocycles. The van der Waals surface area contributed by atoms with Gasteiger partial charge in [-0.1, -0.05) is 18.2 Å². The number of imidazole rings is 1. The predicted molar refractivity (Wildman–Crippen MR) is 83.0 cm³/mol. The van der Waals surface area contributed by atoms with Gasteiger partial charge in [0.05, 0.1) is 29.4 Å². The molecule has 0 aliphatic carbocycles. The maximum absolute atomic E-state index is 11.0. The summed E-state index contributed by atoms with van der Waals surface area (Å²) in [4.78, 5) is 19.6. The predicted octanol–water partition coefficient (Wildman–Crippen LogP) is 2.45. The molecule has 0 atom stereocenters. The Bertz CT molecular complexity index is 864. The van der Waals surface area contributed by atoms with Crippen LogP contribution in [-0.4, -0.2) is 36.4 Å². The molecule has 2 heterocycles. The van der Waals surface area contributed by atoms with Crippen LogP contribution in [-0.2, 0) is 6.54 Å². The molecule has 3 N–H and O–H groups in total. The Kier molecular flexibility index (Phi) is 3.22. The number of carbonyl (C=O) groups is 1. The molecule has 7 heteroatoms. The quantitative estimate of drug-likeness (QED) is 0.690. The van der Waals surface area contributed by atoms with Crippen LogP contribution in [0, 0.1) is 0 Å². The van der Waals surface area contributed by atoms with Crippen LogP contribution in [0.25, 0.3) is 21.9 Å². The summed E-state index contributed by atoms with van der Waals surface area (Å²) < 4.78 is 1.67. The van der Waals surface area contributed by atoms with Crippen molar-refractivity contribution < 1.29 is 15.0 Å². The van der Waals surface area contributed by atoms with Gasteiger partial charge < -0.3 is 14.8 Å². The highest BCUT2D eigenvalue weighted by molar-refractivity contribution is 6.03. The van der Waals surface area contributed by atoms with Crippen LogP contribution in [0.4, 0.5) is 10.7 Å². The first-order valence-electron chi connectivity index (χ1n) is 6.81. The fraction of sp³-hybridized carbons (Fsp3) is 0.267. The first-order chi connectivity index (χ1) is 10.3. The first-order valence-corrected chi connectivity index (χ1v) is 6.81. The molecular weight excluding hydrogens is 284 g/mol. The van der Waals surface area contributed by atoms with Gasteiger partial charge in [0, 0.05) is 5.39 Å². The summed E-state index contributed by atoms with van der Waals surface area (Å²) in [6.45, 7) is 3.52. The zero-order chi connectivity index (χ0) is 15.9. The van der Waals surface area contributed by atoms with Crippen LogP contribution in [0.15, 0.2) is 30.5 Å². The van der Waals surface area contributed by atoms with Gasteiger partial charge in [0.15, 0.2) is 0 Å². The summed E-state index contributed by atoms with van der Waals surface area (Å²) in [6.07, 6.45) is 0.399. The molecule has 3 rings (SSSR count). The number of amides is 1. The van der Waals surface area contributed by atoms with Crippen molar-refractivity contribution in [3.63, 3.8) is 0 Å². The molecule has 0 bridgehead atoms. The fourth-order valence-electron chi connectivity index (χ4n) is 2.49. The molecule has 114 valence electrons. The molecule has 0 fully saturated rings. The van der Waals surface area contributed by atoms with Gasteiger partial charge in [-0.05, 0) is 19.9 Å². The van der Waals surface area contributed by atoms with Gasteiger partial charge in [-0.25, -0.2) is 9.78 Å². The number of rotatable bonds is 3. The Hall–Kier alpha value is -2.67. The minimum absolute atomic E-state index is 0.169. The minimum atomic E-state index is -1.20. The second-order valence-corrected chi connectivity index (χ2v) is 5.77. The van der Waals surface area contributed by atoms with Gasteiger partial charge in [-0.15, -0.1) is 0 Å². The Morgan fingerprint density at radius 3 is 2.73 bits per heavy atom. The molecule has 0 spiro atoms. The summed E-state index contributed by atoms with van der Waals surface area (Å²) in [6, 6.07) is 7.54. The standard InChI is InChI=1S/C15H16N4O3/c1-15(2,22)8-19-12-9-5-3-4-6-10(9)16-7-11(12)17-13(19)18-14(20)21/h3-7,22H,8H2,1-2H3,(H,17,18)(H,20,21). The van der Waals surface area contributed by atoms with Gasteiger partial charge in [-0.2, -0.15) is 0 Å². The van der Waals surface area contributed by atoms with Crippen molar-refractivity contribution in [1.29, 1.82) is 0 Å². The summed E-state index contributed by atoms with van der Waals surface area (Å²) >= 11 is 0. The number of hydrogen-bond donors (Lipinski definition) is 3. The Morgan fingerprint density at radius 2 is 2.05 bits per heavy atom. The Balaban J connectivity index is 2.33. The van der Waals surface area contributed by atoms with Crippen molar-refractivity contribution in [2.45, 2.75) is 26.0 Å². The molecule has 1 aromatic carbocycles. The molecule has 7 nitrogen and oxygen atoms in total. The smallest absolute Gasteiger partial charge is 0.411 e. The van der Waals surface area contributed by atoms with E-state index in [2.05, 4.69) is 15.3 Å². The summed E-state index contributed by atoms with van der Waals surface area (Å²) in [5.41, 5.74) is 1.09. The lowest BCUT2D eigenvalue weighted by Gasteiger charge is -2.20. The first kappa shape index (κ1) is 14.3. The number of aliphatic hydroxyl groups is 1. The van der Waals surface area contributed by atoms with E-state index >= 15 is 0 Å². The monoisotopic (exact) mass is 300 g/mol. The fourth-order valence-corrected chi connectivity index (χ4v) is 2.49. The molecular formula is C15H16N4O3. The third-order valence-electron chi connectivity index (χ3n) is 3.24. The summed E-state index contributed by atoms with van der Waals surface area (Å²) in [5.74, 6) is 0.169. The zero-order valence-corrected chi connectivity index (χ0v) is 12.2. The van der Waals surface area contributed by atoms with Crippen LogP contribution in [0.5, 0.6) is 0 Å². The molecule has 3 aromatic rings. The number of benzene rings is 1. The normalized spacial score (nSPS) is 12.0. The van der Waals surface area contributed by atoms with E-state index < -0.39 is 11.7 Å². The maximum atomic E-state index is 11.0. The largest absolute Gasteiger partial charge is 0.465 e. The van der Waals surface area contributed by atoms with Gasteiger partial charge in [0.2, 0.25) is 5.95 Å². The van der Waals surface area contributed by atoms with Gasteiger partial charge in [-0.3, -0.25) is 10.3 Å².